The second-order valence-electron chi connectivity index (χ2n) is 9.68. The first-order valence-corrected chi connectivity index (χ1v) is 13.0. The monoisotopic (exact) mass is 468 g/mol. The number of piperazine rings is 1. The Bertz CT molecular complexity index is 921. The standard InChI is InChI=1S/C25H32N4O3S/c30-22(29-15-13-27(14-16-29)10-4-7-19-5-2-1-3-6-19)20-17-25(20)8-11-28(12-9-25)23(31)21-18-33-24(32)26-21/h1-7,20-21H,8-18H2,(H,26,32)/b7-4+/t20?,21-/m0/s1. The number of hydrogen-bond donors (Lipinski definition) is 1. The number of nitrogens with zero attached hydrogens (tertiary/aromatic N) is 3. The third-order valence-electron chi connectivity index (χ3n) is 7.69. The Morgan fingerprint density at radius 1 is 1.00 bits per heavy atom. The van der Waals surface area contributed by atoms with Gasteiger partial charge < -0.3 is 15.1 Å². The summed E-state index contributed by atoms with van der Waals surface area (Å²) in [5.41, 5.74) is 1.31. The molecule has 7 nitrogen and oxygen atoms in total. The quantitative estimate of drug-likeness (QED) is 0.718. The van der Waals surface area contributed by atoms with Gasteiger partial charge in [-0.15, -0.1) is 0 Å². The molecule has 3 heterocycles. The van der Waals surface area contributed by atoms with Crippen LogP contribution in [0.2, 0.25) is 0 Å². The van der Waals surface area contributed by atoms with Crippen molar-refractivity contribution in [3.05, 3.63) is 42.0 Å². The number of nitrogens with one attached hydrogen (secondary N) is 1. The smallest absolute Gasteiger partial charge is 0.279 e. The molecule has 1 unspecified atom stereocenters. The van der Waals surface area contributed by atoms with Crippen LogP contribution in [0.15, 0.2) is 36.4 Å². The topological polar surface area (TPSA) is 73.0 Å². The third-order valence-corrected chi connectivity index (χ3v) is 8.57. The predicted molar refractivity (Wildman–Crippen MR) is 130 cm³/mol. The summed E-state index contributed by atoms with van der Waals surface area (Å²) in [7, 11) is 0. The summed E-state index contributed by atoms with van der Waals surface area (Å²) in [6.07, 6.45) is 7.11. The van der Waals surface area contributed by atoms with E-state index in [0.717, 1.165) is 52.0 Å². The van der Waals surface area contributed by atoms with E-state index in [9.17, 15) is 14.4 Å². The Labute approximate surface area is 199 Å². The van der Waals surface area contributed by atoms with E-state index in [2.05, 4.69) is 39.4 Å². The Kier molecular flexibility index (Phi) is 6.47. The summed E-state index contributed by atoms with van der Waals surface area (Å²) in [6, 6.07) is 9.94. The largest absolute Gasteiger partial charge is 0.341 e. The molecule has 5 rings (SSSR count). The van der Waals surface area contributed by atoms with Crippen LogP contribution in [0.5, 0.6) is 0 Å². The van der Waals surface area contributed by atoms with Crippen molar-refractivity contribution in [2.45, 2.75) is 25.3 Å². The molecule has 1 saturated carbocycles. The van der Waals surface area contributed by atoms with Gasteiger partial charge in [-0.3, -0.25) is 19.3 Å². The maximum atomic E-state index is 13.2. The minimum absolute atomic E-state index is 0.0316. The highest BCUT2D eigenvalue weighted by Gasteiger charge is 2.59. The minimum atomic E-state index is -0.382. The lowest BCUT2D eigenvalue weighted by Crippen LogP contribution is -2.50. The van der Waals surface area contributed by atoms with Crippen LogP contribution in [0.3, 0.4) is 0 Å². The second-order valence-corrected chi connectivity index (χ2v) is 10.7. The highest BCUT2D eigenvalue weighted by atomic mass is 32.2. The molecule has 8 heteroatoms. The molecule has 3 saturated heterocycles. The van der Waals surface area contributed by atoms with E-state index in [4.69, 9.17) is 0 Å². The fraction of sp³-hybridized carbons (Fsp3) is 0.560. The van der Waals surface area contributed by atoms with Gasteiger partial charge in [0, 0.05) is 57.5 Å². The van der Waals surface area contributed by atoms with Crippen LogP contribution in [-0.2, 0) is 9.59 Å². The lowest BCUT2D eigenvalue weighted by atomic mass is 9.90. The summed E-state index contributed by atoms with van der Waals surface area (Å²) < 4.78 is 0. The van der Waals surface area contributed by atoms with Crippen molar-refractivity contribution in [3.63, 3.8) is 0 Å². The zero-order valence-electron chi connectivity index (χ0n) is 18.9. The SMILES string of the molecule is O=C1N[C@H](C(=O)N2CCC3(CC2)CC3C(=O)N2CCN(C/C=C/c3ccccc3)CC2)CS1. The molecule has 1 aliphatic carbocycles. The molecule has 0 radical (unpaired) electrons. The van der Waals surface area contributed by atoms with E-state index < -0.39 is 0 Å². The molecule has 1 N–H and O–H groups in total. The number of amides is 3. The van der Waals surface area contributed by atoms with Crippen LogP contribution >= 0.6 is 11.8 Å². The van der Waals surface area contributed by atoms with Crippen molar-refractivity contribution in [2.75, 3.05) is 51.6 Å². The lowest BCUT2D eigenvalue weighted by molar-refractivity contribution is -0.136. The summed E-state index contributed by atoms with van der Waals surface area (Å²) in [4.78, 5) is 43.5. The zero-order chi connectivity index (χ0) is 22.8. The first-order valence-electron chi connectivity index (χ1n) is 12.0. The summed E-state index contributed by atoms with van der Waals surface area (Å²) >= 11 is 1.18. The number of benzene rings is 1. The zero-order valence-corrected chi connectivity index (χ0v) is 19.8. The van der Waals surface area contributed by atoms with Gasteiger partial charge in [-0.05, 0) is 30.2 Å². The van der Waals surface area contributed by atoms with Gasteiger partial charge in [0.1, 0.15) is 6.04 Å². The predicted octanol–water partition coefficient (Wildman–Crippen LogP) is 2.30. The van der Waals surface area contributed by atoms with E-state index in [1.807, 2.05) is 23.1 Å². The molecule has 3 aliphatic heterocycles. The Morgan fingerprint density at radius 2 is 1.70 bits per heavy atom. The second kappa shape index (κ2) is 9.50. The maximum Gasteiger partial charge on any atom is 0.279 e. The van der Waals surface area contributed by atoms with Crippen molar-refractivity contribution >= 4 is 34.9 Å². The van der Waals surface area contributed by atoms with Crippen LogP contribution in [0.4, 0.5) is 4.79 Å². The molecule has 1 aromatic carbocycles. The average molecular weight is 469 g/mol. The van der Waals surface area contributed by atoms with Crippen molar-refractivity contribution in [1.82, 2.24) is 20.0 Å². The number of rotatable bonds is 5. The summed E-state index contributed by atoms with van der Waals surface area (Å²) in [5, 5.41) is 2.64. The molecule has 1 aromatic rings. The Morgan fingerprint density at radius 3 is 2.36 bits per heavy atom. The highest BCUT2D eigenvalue weighted by molar-refractivity contribution is 8.14. The number of hydrogen-bond acceptors (Lipinski definition) is 5. The van der Waals surface area contributed by atoms with Crippen molar-refractivity contribution in [2.24, 2.45) is 11.3 Å². The molecule has 1 spiro atoms. The average Bonchev–Trinajstić information content (AvgIpc) is 3.36. The Balaban J connectivity index is 1.05. The van der Waals surface area contributed by atoms with Gasteiger partial charge in [0.15, 0.2) is 0 Å². The number of piperidine rings is 1. The molecule has 176 valence electrons. The van der Waals surface area contributed by atoms with Gasteiger partial charge in [0.05, 0.1) is 0 Å². The van der Waals surface area contributed by atoms with E-state index in [1.165, 1.54) is 17.3 Å². The number of likely N-dealkylation sites (tertiary alicyclic amines) is 1. The lowest BCUT2D eigenvalue weighted by Gasteiger charge is -2.36. The fourth-order valence-corrected chi connectivity index (χ4v) is 6.20. The molecule has 4 fully saturated rings. The Hall–Kier alpha value is -2.32. The van der Waals surface area contributed by atoms with E-state index in [-0.39, 0.29) is 28.5 Å². The van der Waals surface area contributed by atoms with Crippen molar-refractivity contribution < 1.29 is 14.4 Å². The maximum absolute atomic E-state index is 13.2. The van der Waals surface area contributed by atoms with Gasteiger partial charge in [0.25, 0.3) is 5.24 Å². The van der Waals surface area contributed by atoms with Gasteiger partial charge >= 0.3 is 0 Å². The number of carbonyl (C=O) groups excluding carboxylic acids is 3. The summed E-state index contributed by atoms with van der Waals surface area (Å²) in [5.74, 6) is 0.993. The molecule has 2 atom stereocenters. The van der Waals surface area contributed by atoms with Crippen LogP contribution in [0.1, 0.15) is 24.8 Å². The van der Waals surface area contributed by atoms with Gasteiger partial charge in [-0.1, -0.05) is 54.2 Å². The fourth-order valence-electron chi connectivity index (χ4n) is 5.43. The van der Waals surface area contributed by atoms with Crippen LogP contribution < -0.4 is 5.32 Å². The summed E-state index contributed by atoms with van der Waals surface area (Å²) in [6.45, 7) is 5.73. The third kappa shape index (κ3) is 4.96. The molecule has 0 aromatic heterocycles. The van der Waals surface area contributed by atoms with E-state index >= 15 is 0 Å². The highest BCUT2D eigenvalue weighted by Crippen LogP contribution is 2.60. The first kappa shape index (κ1) is 22.5. The molecular weight excluding hydrogens is 436 g/mol. The molecule has 0 bridgehead atoms. The number of carbonyl (C=O) groups is 3. The van der Waals surface area contributed by atoms with Gasteiger partial charge in [0.2, 0.25) is 11.8 Å². The van der Waals surface area contributed by atoms with Gasteiger partial charge in [-0.25, -0.2) is 0 Å². The molecule has 3 amide bonds. The van der Waals surface area contributed by atoms with E-state index in [1.54, 1.807) is 0 Å². The van der Waals surface area contributed by atoms with Crippen molar-refractivity contribution in [1.29, 1.82) is 0 Å². The normalized spacial score (nSPS) is 27.2. The molecular formula is C25H32N4O3S. The first-order chi connectivity index (χ1) is 16.0. The van der Waals surface area contributed by atoms with Crippen LogP contribution in [-0.4, -0.2) is 89.4 Å². The minimum Gasteiger partial charge on any atom is -0.341 e. The van der Waals surface area contributed by atoms with Crippen molar-refractivity contribution in [3.8, 4) is 0 Å². The van der Waals surface area contributed by atoms with E-state index in [0.29, 0.717) is 24.7 Å². The van der Waals surface area contributed by atoms with Crippen LogP contribution in [0, 0.1) is 11.3 Å². The number of thioether (sulfide) groups is 1. The molecule has 4 aliphatic rings. The van der Waals surface area contributed by atoms with Crippen LogP contribution in [0.25, 0.3) is 6.08 Å². The van der Waals surface area contributed by atoms with Gasteiger partial charge in [-0.2, -0.15) is 0 Å². The molecule has 33 heavy (non-hydrogen) atoms.